The number of nitrogens with zero attached hydrogens (tertiary/aromatic N) is 4. The van der Waals surface area contributed by atoms with Crippen LogP contribution in [0.4, 0.5) is 5.69 Å². The van der Waals surface area contributed by atoms with Gasteiger partial charge in [0.15, 0.2) is 6.61 Å². The van der Waals surface area contributed by atoms with E-state index in [1.165, 1.54) is 4.52 Å². The van der Waals surface area contributed by atoms with E-state index in [0.717, 1.165) is 22.5 Å². The van der Waals surface area contributed by atoms with E-state index in [9.17, 15) is 9.59 Å². The Morgan fingerprint density at radius 1 is 1.10 bits per heavy atom. The topological polar surface area (TPSA) is 98.5 Å². The van der Waals surface area contributed by atoms with Gasteiger partial charge in [-0.1, -0.05) is 45.9 Å². The van der Waals surface area contributed by atoms with Crippen molar-refractivity contribution in [1.82, 2.24) is 19.6 Å². The van der Waals surface area contributed by atoms with E-state index in [0.29, 0.717) is 5.78 Å². The zero-order valence-electron chi connectivity index (χ0n) is 17.3. The average Bonchev–Trinajstić information content (AvgIpc) is 3.11. The number of rotatable bonds is 6. The van der Waals surface area contributed by atoms with E-state index in [1.807, 2.05) is 25.1 Å². The third-order valence-corrected chi connectivity index (χ3v) is 4.58. The predicted octanol–water partition coefficient (Wildman–Crippen LogP) is 3.48. The Balaban J connectivity index is 1.71. The first-order valence-corrected chi connectivity index (χ1v) is 9.56. The number of amides is 1. The van der Waals surface area contributed by atoms with Gasteiger partial charge in [-0.25, -0.2) is 14.3 Å². The zero-order valence-corrected chi connectivity index (χ0v) is 17.3. The van der Waals surface area contributed by atoms with Crippen molar-refractivity contribution < 1.29 is 14.3 Å². The Morgan fingerprint density at radius 3 is 2.34 bits per heavy atom. The van der Waals surface area contributed by atoms with E-state index < -0.39 is 18.5 Å². The number of aryl methyl sites for hydroxylation is 1. The first kappa shape index (κ1) is 20.4. The lowest BCUT2D eigenvalue weighted by molar-refractivity contribution is -0.119. The maximum Gasteiger partial charge on any atom is 0.378 e. The Labute approximate surface area is 169 Å². The third-order valence-electron chi connectivity index (χ3n) is 4.58. The van der Waals surface area contributed by atoms with Crippen LogP contribution in [-0.4, -0.2) is 38.1 Å². The van der Waals surface area contributed by atoms with E-state index >= 15 is 0 Å². The lowest BCUT2D eigenvalue weighted by atomic mass is 9.92. The number of carbonyl (C=O) groups excluding carboxylic acids is 2. The fraction of sp³-hybridized carbons (Fsp3) is 0.381. The molecule has 1 amide bonds. The van der Waals surface area contributed by atoms with Crippen LogP contribution in [0, 0.1) is 6.92 Å². The van der Waals surface area contributed by atoms with Gasteiger partial charge in [0, 0.05) is 17.6 Å². The molecule has 0 aliphatic rings. The molecule has 0 saturated heterocycles. The lowest BCUT2D eigenvalue weighted by Crippen LogP contribution is -2.23. The van der Waals surface area contributed by atoms with Crippen LogP contribution >= 0.6 is 0 Å². The summed E-state index contributed by atoms with van der Waals surface area (Å²) in [6, 6.07) is 7.73. The second kappa shape index (κ2) is 8.38. The highest BCUT2D eigenvalue weighted by molar-refractivity contribution is 5.95. The number of nitrogens with one attached hydrogen (secondary N) is 1. The number of hydrogen-bond acceptors (Lipinski definition) is 6. The first-order valence-electron chi connectivity index (χ1n) is 9.56. The minimum Gasteiger partial charge on any atom is -0.450 e. The molecular weight excluding hydrogens is 370 g/mol. The number of fused-ring (bicyclic) bond motifs is 1. The van der Waals surface area contributed by atoms with Gasteiger partial charge >= 0.3 is 5.97 Å². The molecule has 2 heterocycles. The molecule has 0 radical (unpaired) electrons. The number of para-hydroxylation sites is 1. The molecule has 8 heteroatoms. The molecule has 1 aromatic carbocycles. The largest absolute Gasteiger partial charge is 0.450 e. The van der Waals surface area contributed by atoms with E-state index in [4.69, 9.17) is 4.74 Å². The maximum absolute atomic E-state index is 12.5. The lowest BCUT2D eigenvalue weighted by Gasteiger charge is -2.20. The monoisotopic (exact) mass is 395 g/mol. The van der Waals surface area contributed by atoms with Gasteiger partial charge in [0.25, 0.3) is 17.5 Å². The molecule has 0 unspecified atom stereocenters. The van der Waals surface area contributed by atoms with Crippen molar-refractivity contribution in [1.29, 1.82) is 0 Å². The molecule has 29 heavy (non-hydrogen) atoms. The molecule has 1 N–H and O–H groups in total. The molecular formula is C21H25N5O3. The number of aromatic nitrogens is 4. The van der Waals surface area contributed by atoms with Crippen molar-refractivity contribution in [2.45, 2.75) is 46.5 Å². The quantitative estimate of drug-likeness (QED) is 0.642. The van der Waals surface area contributed by atoms with Crippen LogP contribution in [-0.2, 0) is 9.53 Å². The van der Waals surface area contributed by atoms with Gasteiger partial charge in [0.1, 0.15) is 0 Å². The average molecular weight is 395 g/mol. The first-order chi connectivity index (χ1) is 13.8. The Hall–Kier alpha value is -3.29. The van der Waals surface area contributed by atoms with E-state index in [1.54, 1.807) is 12.3 Å². The van der Waals surface area contributed by atoms with Crippen molar-refractivity contribution in [3.8, 4) is 0 Å². The summed E-state index contributed by atoms with van der Waals surface area (Å²) in [6.07, 6.45) is 1.58. The summed E-state index contributed by atoms with van der Waals surface area (Å²) in [4.78, 5) is 32.8. The molecule has 152 valence electrons. The van der Waals surface area contributed by atoms with Crippen molar-refractivity contribution in [3.05, 3.63) is 53.1 Å². The highest BCUT2D eigenvalue weighted by Crippen LogP contribution is 2.32. The fourth-order valence-electron chi connectivity index (χ4n) is 3.06. The zero-order chi connectivity index (χ0) is 21.1. The summed E-state index contributed by atoms with van der Waals surface area (Å²) in [7, 11) is 0. The Bertz CT molecular complexity index is 1030. The van der Waals surface area contributed by atoms with Crippen molar-refractivity contribution in [3.63, 3.8) is 0 Å². The summed E-state index contributed by atoms with van der Waals surface area (Å²) in [6.45, 7) is 9.68. The van der Waals surface area contributed by atoms with Crippen LogP contribution in [0.3, 0.4) is 0 Å². The Morgan fingerprint density at radius 2 is 1.76 bits per heavy atom. The summed E-state index contributed by atoms with van der Waals surface area (Å²) in [5.74, 6) is -0.537. The number of carbonyl (C=O) groups is 2. The molecule has 0 fully saturated rings. The number of ether oxygens (including phenoxy) is 1. The molecule has 0 aliphatic carbocycles. The molecule has 0 saturated carbocycles. The molecule has 8 nitrogen and oxygen atoms in total. The number of esters is 1. The molecule has 3 aromatic rings. The molecule has 2 aromatic heterocycles. The minimum absolute atomic E-state index is 0.134. The summed E-state index contributed by atoms with van der Waals surface area (Å²) in [5.41, 5.74) is 3.65. The normalized spacial score (nSPS) is 11.3. The summed E-state index contributed by atoms with van der Waals surface area (Å²) >= 11 is 0. The van der Waals surface area contributed by atoms with Gasteiger partial charge in [0.05, 0.1) is 0 Å². The smallest absolute Gasteiger partial charge is 0.378 e. The SMILES string of the molecule is Cc1ccnc2nc(C(=O)OCC(=O)Nc3c(C(C)C)cccc3C(C)C)nn12. The van der Waals surface area contributed by atoms with Gasteiger partial charge in [-0.15, -0.1) is 5.10 Å². The minimum atomic E-state index is -0.772. The summed E-state index contributed by atoms with van der Waals surface area (Å²) in [5, 5.41) is 7.00. The van der Waals surface area contributed by atoms with E-state index in [-0.39, 0.29) is 17.7 Å². The van der Waals surface area contributed by atoms with Crippen LogP contribution in [0.2, 0.25) is 0 Å². The fourth-order valence-corrected chi connectivity index (χ4v) is 3.06. The van der Waals surface area contributed by atoms with Gasteiger partial charge in [-0.3, -0.25) is 4.79 Å². The van der Waals surface area contributed by atoms with Crippen molar-refractivity contribution in [2.75, 3.05) is 11.9 Å². The van der Waals surface area contributed by atoms with Crippen LogP contribution in [0.25, 0.3) is 5.78 Å². The molecule has 3 rings (SSSR count). The van der Waals surface area contributed by atoms with Gasteiger partial charge in [0.2, 0.25) is 0 Å². The molecule has 0 aliphatic heterocycles. The van der Waals surface area contributed by atoms with Crippen LogP contribution in [0.5, 0.6) is 0 Å². The number of benzene rings is 1. The maximum atomic E-state index is 12.5. The predicted molar refractivity (Wildman–Crippen MR) is 109 cm³/mol. The van der Waals surface area contributed by atoms with E-state index in [2.05, 4.69) is 48.1 Å². The van der Waals surface area contributed by atoms with Crippen LogP contribution in [0.15, 0.2) is 30.5 Å². The highest BCUT2D eigenvalue weighted by atomic mass is 16.5. The van der Waals surface area contributed by atoms with Crippen LogP contribution < -0.4 is 5.32 Å². The van der Waals surface area contributed by atoms with Crippen molar-refractivity contribution in [2.24, 2.45) is 0 Å². The van der Waals surface area contributed by atoms with Crippen molar-refractivity contribution >= 4 is 23.3 Å². The molecule has 0 atom stereocenters. The number of hydrogen-bond donors (Lipinski definition) is 1. The molecule has 0 spiro atoms. The third kappa shape index (κ3) is 4.42. The number of anilines is 1. The molecule has 0 bridgehead atoms. The summed E-state index contributed by atoms with van der Waals surface area (Å²) < 4.78 is 6.56. The van der Waals surface area contributed by atoms with Crippen LogP contribution in [0.1, 0.15) is 67.0 Å². The van der Waals surface area contributed by atoms with Gasteiger partial charge < -0.3 is 10.1 Å². The Kier molecular flexibility index (Phi) is 5.91. The standard InChI is InChI=1S/C21H25N5O3/c1-12(2)15-7-6-8-16(13(3)4)18(15)23-17(27)11-29-20(28)19-24-21-22-10-9-14(5)26(21)25-19/h6-10,12-13H,11H2,1-5H3,(H,23,27). The highest BCUT2D eigenvalue weighted by Gasteiger charge is 2.19. The second-order valence-electron chi connectivity index (χ2n) is 7.48. The van der Waals surface area contributed by atoms with Gasteiger partial charge in [-0.05, 0) is 36.0 Å². The van der Waals surface area contributed by atoms with Gasteiger partial charge in [-0.2, -0.15) is 4.98 Å². The second-order valence-corrected chi connectivity index (χ2v) is 7.48.